The zero-order chi connectivity index (χ0) is 19.3. The molecule has 2 N–H and O–H groups in total. The first-order chi connectivity index (χ1) is 13.7. The molecule has 1 aromatic carbocycles. The van der Waals surface area contributed by atoms with Crippen molar-refractivity contribution in [3.63, 3.8) is 0 Å². The van der Waals surface area contributed by atoms with Crippen molar-refractivity contribution < 1.29 is 9.53 Å². The lowest BCUT2D eigenvalue weighted by Crippen LogP contribution is -2.33. The van der Waals surface area contributed by atoms with Gasteiger partial charge in [-0.15, -0.1) is 0 Å². The molecule has 2 aromatic heterocycles. The minimum absolute atomic E-state index is 0.0296. The van der Waals surface area contributed by atoms with Crippen molar-refractivity contribution in [1.29, 1.82) is 5.26 Å². The van der Waals surface area contributed by atoms with Crippen molar-refractivity contribution in [1.82, 2.24) is 25.1 Å². The molecule has 1 aliphatic heterocycles. The SMILES string of the molecule is N#Cc1cncc(-n2cc(C(=O)Nc3ccc([C@H]4CNCCO4)cc3)cn2)n1. The maximum Gasteiger partial charge on any atom is 0.258 e. The van der Waals surface area contributed by atoms with Gasteiger partial charge in [0, 0.05) is 25.0 Å². The van der Waals surface area contributed by atoms with E-state index < -0.39 is 0 Å². The van der Waals surface area contributed by atoms with Crippen molar-refractivity contribution in [2.75, 3.05) is 25.0 Å². The molecular weight excluding hydrogens is 358 g/mol. The number of rotatable bonds is 4. The third-order valence-corrected chi connectivity index (χ3v) is 4.28. The van der Waals surface area contributed by atoms with E-state index in [1.807, 2.05) is 30.3 Å². The zero-order valence-corrected chi connectivity index (χ0v) is 14.9. The molecule has 9 heteroatoms. The molecule has 0 radical (unpaired) electrons. The Bertz CT molecular complexity index is 1020. The van der Waals surface area contributed by atoms with Crippen LogP contribution in [0.3, 0.4) is 0 Å². The van der Waals surface area contributed by atoms with Gasteiger partial charge in [0.2, 0.25) is 0 Å². The van der Waals surface area contributed by atoms with Gasteiger partial charge in [0.05, 0.1) is 36.9 Å². The van der Waals surface area contributed by atoms with Crippen LogP contribution in [0.1, 0.15) is 27.7 Å². The number of nitrogens with zero attached hydrogens (tertiary/aromatic N) is 5. The van der Waals surface area contributed by atoms with E-state index in [1.165, 1.54) is 29.5 Å². The normalized spacial score (nSPS) is 16.3. The molecule has 28 heavy (non-hydrogen) atoms. The minimum Gasteiger partial charge on any atom is -0.371 e. The fourth-order valence-electron chi connectivity index (χ4n) is 2.85. The molecule has 1 saturated heterocycles. The molecule has 0 saturated carbocycles. The van der Waals surface area contributed by atoms with Crippen LogP contribution in [0.25, 0.3) is 5.82 Å². The summed E-state index contributed by atoms with van der Waals surface area (Å²) in [6.45, 7) is 2.33. The number of carbonyl (C=O) groups excluding carboxylic acids is 1. The number of benzene rings is 1. The molecule has 1 fully saturated rings. The van der Waals surface area contributed by atoms with E-state index in [4.69, 9.17) is 10.00 Å². The second-order valence-electron chi connectivity index (χ2n) is 6.19. The van der Waals surface area contributed by atoms with Crippen LogP contribution in [0, 0.1) is 11.3 Å². The fraction of sp³-hybridized carbons (Fsp3) is 0.211. The number of carbonyl (C=O) groups is 1. The minimum atomic E-state index is -0.293. The first kappa shape index (κ1) is 17.8. The number of anilines is 1. The Kier molecular flexibility index (Phi) is 5.05. The monoisotopic (exact) mass is 375 g/mol. The standard InChI is InChI=1S/C19H17N7O2/c20-7-16-9-22-11-18(24-16)26-12-14(8-23-26)19(27)25-15-3-1-13(2-4-15)17-10-21-5-6-28-17/h1-4,8-9,11-12,17,21H,5-6,10H2,(H,25,27)/t17-/m1/s1. The topological polar surface area (TPSA) is 118 Å². The Labute approximate surface area is 161 Å². The summed E-state index contributed by atoms with van der Waals surface area (Å²) in [5, 5.41) is 19.2. The molecule has 0 spiro atoms. The van der Waals surface area contributed by atoms with Gasteiger partial charge in [0.25, 0.3) is 5.91 Å². The second kappa shape index (κ2) is 7.96. The molecule has 1 amide bonds. The van der Waals surface area contributed by atoms with Crippen LogP contribution in [0.2, 0.25) is 0 Å². The lowest BCUT2D eigenvalue weighted by molar-refractivity contribution is 0.0277. The van der Waals surface area contributed by atoms with Gasteiger partial charge in [0.15, 0.2) is 11.5 Å². The number of hydrogen-bond acceptors (Lipinski definition) is 7. The van der Waals surface area contributed by atoms with E-state index in [2.05, 4.69) is 25.7 Å². The highest BCUT2D eigenvalue weighted by molar-refractivity contribution is 6.03. The quantitative estimate of drug-likeness (QED) is 0.708. The number of hydrogen-bond donors (Lipinski definition) is 2. The predicted molar refractivity (Wildman–Crippen MR) is 99.8 cm³/mol. The predicted octanol–water partition coefficient (Wildman–Crippen LogP) is 1.45. The van der Waals surface area contributed by atoms with E-state index in [0.29, 0.717) is 23.7 Å². The van der Waals surface area contributed by atoms with E-state index in [-0.39, 0.29) is 17.7 Å². The van der Waals surface area contributed by atoms with Gasteiger partial charge in [-0.2, -0.15) is 10.4 Å². The van der Waals surface area contributed by atoms with Gasteiger partial charge in [-0.3, -0.25) is 9.78 Å². The Balaban J connectivity index is 1.44. The Morgan fingerprint density at radius 3 is 2.89 bits per heavy atom. The van der Waals surface area contributed by atoms with Crippen molar-refractivity contribution in [2.24, 2.45) is 0 Å². The fourth-order valence-corrected chi connectivity index (χ4v) is 2.85. The summed E-state index contributed by atoms with van der Waals surface area (Å²) in [6.07, 6.45) is 5.83. The average molecular weight is 375 g/mol. The number of nitriles is 1. The summed E-state index contributed by atoms with van der Waals surface area (Å²) < 4.78 is 7.13. The molecule has 140 valence electrons. The first-order valence-corrected chi connectivity index (χ1v) is 8.74. The average Bonchev–Trinajstić information content (AvgIpc) is 3.25. The van der Waals surface area contributed by atoms with Crippen LogP contribution in [-0.4, -0.2) is 45.4 Å². The summed E-state index contributed by atoms with van der Waals surface area (Å²) in [4.78, 5) is 20.5. The lowest BCUT2D eigenvalue weighted by atomic mass is 10.1. The van der Waals surface area contributed by atoms with Gasteiger partial charge in [-0.25, -0.2) is 9.67 Å². The Morgan fingerprint density at radius 1 is 1.29 bits per heavy atom. The largest absolute Gasteiger partial charge is 0.371 e. The summed E-state index contributed by atoms with van der Waals surface area (Å²) >= 11 is 0. The Hall–Kier alpha value is -3.61. The van der Waals surface area contributed by atoms with E-state index in [1.54, 1.807) is 0 Å². The van der Waals surface area contributed by atoms with Gasteiger partial charge in [-0.1, -0.05) is 12.1 Å². The van der Waals surface area contributed by atoms with Crippen molar-refractivity contribution in [2.45, 2.75) is 6.10 Å². The van der Waals surface area contributed by atoms with Crippen molar-refractivity contribution >= 4 is 11.6 Å². The molecule has 1 aliphatic rings. The number of morpholine rings is 1. The van der Waals surface area contributed by atoms with E-state index in [9.17, 15) is 4.79 Å². The molecule has 9 nitrogen and oxygen atoms in total. The van der Waals surface area contributed by atoms with Crippen LogP contribution in [0.4, 0.5) is 5.69 Å². The molecule has 3 aromatic rings. The second-order valence-corrected chi connectivity index (χ2v) is 6.19. The van der Waals surface area contributed by atoms with Crippen LogP contribution in [0.15, 0.2) is 49.1 Å². The van der Waals surface area contributed by atoms with Gasteiger partial charge in [-0.05, 0) is 17.7 Å². The van der Waals surface area contributed by atoms with Crippen LogP contribution < -0.4 is 10.6 Å². The maximum absolute atomic E-state index is 12.5. The first-order valence-electron chi connectivity index (χ1n) is 8.74. The highest BCUT2D eigenvalue weighted by Gasteiger charge is 2.16. The molecule has 0 aliphatic carbocycles. The van der Waals surface area contributed by atoms with E-state index >= 15 is 0 Å². The summed E-state index contributed by atoms with van der Waals surface area (Å²) in [5.41, 5.74) is 2.29. The summed E-state index contributed by atoms with van der Waals surface area (Å²) in [5.74, 6) is 0.0718. The molecular formula is C19H17N7O2. The van der Waals surface area contributed by atoms with Crippen LogP contribution >= 0.6 is 0 Å². The molecule has 3 heterocycles. The van der Waals surface area contributed by atoms with Gasteiger partial charge >= 0.3 is 0 Å². The number of nitrogens with one attached hydrogen (secondary N) is 2. The van der Waals surface area contributed by atoms with Gasteiger partial charge < -0.3 is 15.4 Å². The highest BCUT2D eigenvalue weighted by Crippen LogP contribution is 2.21. The Morgan fingerprint density at radius 2 is 2.14 bits per heavy atom. The highest BCUT2D eigenvalue weighted by atomic mass is 16.5. The zero-order valence-electron chi connectivity index (χ0n) is 14.9. The third kappa shape index (κ3) is 3.88. The molecule has 1 atom stereocenters. The van der Waals surface area contributed by atoms with Crippen LogP contribution in [0.5, 0.6) is 0 Å². The van der Waals surface area contributed by atoms with Gasteiger partial charge in [0.1, 0.15) is 6.07 Å². The lowest BCUT2D eigenvalue weighted by Gasteiger charge is -2.24. The smallest absolute Gasteiger partial charge is 0.258 e. The van der Waals surface area contributed by atoms with E-state index in [0.717, 1.165) is 18.7 Å². The molecule has 4 rings (SSSR count). The van der Waals surface area contributed by atoms with Crippen LogP contribution in [-0.2, 0) is 4.74 Å². The maximum atomic E-state index is 12.5. The molecule has 0 bridgehead atoms. The summed E-state index contributed by atoms with van der Waals surface area (Å²) in [7, 11) is 0. The number of amides is 1. The summed E-state index contributed by atoms with van der Waals surface area (Å²) in [6, 6.07) is 9.50. The third-order valence-electron chi connectivity index (χ3n) is 4.28. The molecule has 0 unspecified atom stereocenters. The number of ether oxygens (including phenoxy) is 1. The van der Waals surface area contributed by atoms with Crippen molar-refractivity contribution in [3.05, 3.63) is 65.9 Å². The number of aromatic nitrogens is 4. The van der Waals surface area contributed by atoms with Crippen molar-refractivity contribution in [3.8, 4) is 11.9 Å².